The zero-order valence-corrected chi connectivity index (χ0v) is 35.3. The molecule has 0 radical (unpaired) electrons. The lowest BCUT2D eigenvalue weighted by Crippen LogP contribution is -2.28. The topological polar surface area (TPSA) is 6.48 Å². The molecule has 0 fully saturated rings. The third-order valence-corrected chi connectivity index (χ3v) is 13.1. The van der Waals surface area contributed by atoms with Gasteiger partial charge in [-0.2, -0.15) is 0 Å². The molecule has 8 aromatic rings. The summed E-state index contributed by atoms with van der Waals surface area (Å²) in [6, 6.07) is 78.0. The van der Waals surface area contributed by atoms with E-state index in [0.717, 1.165) is 47.7 Å². The predicted octanol–water partition coefficient (Wildman–Crippen LogP) is 16.0. The Bertz CT molecular complexity index is 2950. The van der Waals surface area contributed by atoms with Gasteiger partial charge in [0.1, 0.15) is 0 Å². The SMILES string of the molecule is C1=CC(c2ccc(N(c3ccccc3)c3ccc(C4(c5ccc(N(C6=CCC(c7ccccc7)C=C6)c6ccccc6)cc5)c5ccccc5-c5ccccc54)cc3)cc2)=CCC1. The summed E-state index contributed by atoms with van der Waals surface area (Å²) in [5, 5.41) is 0. The van der Waals surface area contributed by atoms with E-state index in [2.05, 4.69) is 259 Å². The van der Waals surface area contributed by atoms with Crippen molar-refractivity contribution in [1.82, 2.24) is 0 Å². The van der Waals surface area contributed by atoms with Gasteiger partial charge < -0.3 is 9.80 Å². The van der Waals surface area contributed by atoms with Gasteiger partial charge in [-0.15, -0.1) is 0 Å². The normalized spacial score (nSPS) is 15.8. The maximum Gasteiger partial charge on any atom is 0.0713 e. The van der Waals surface area contributed by atoms with Crippen molar-refractivity contribution in [1.29, 1.82) is 0 Å². The van der Waals surface area contributed by atoms with Gasteiger partial charge in [0.25, 0.3) is 0 Å². The average Bonchev–Trinajstić information content (AvgIpc) is 3.67. The second-order valence-corrected chi connectivity index (χ2v) is 16.7. The Labute approximate surface area is 371 Å². The van der Waals surface area contributed by atoms with Crippen molar-refractivity contribution in [2.45, 2.75) is 30.6 Å². The quantitative estimate of drug-likeness (QED) is 0.136. The van der Waals surface area contributed by atoms with E-state index in [4.69, 9.17) is 0 Å². The van der Waals surface area contributed by atoms with Gasteiger partial charge in [0.05, 0.1) is 5.41 Å². The summed E-state index contributed by atoms with van der Waals surface area (Å²) in [5.41, 5.74) is 17.8. The monoisotopic (exact) mass is 808 g/mol. The highest BCUT2D eigenvalue weighted by Crippen LogP contribution is 2.56. The predicted molar refractivity (Wildman–Crippen MR) is 264 cm³/mol. The van der Waals surface area contributed by atoms with Gasteiger partial charge in [0.2, 0.25) is 0 Å². The van der Waals surface area contributed by atoms with Crippen LogP contribution in [0.2, 0.25) is 0 Å². The highest BCUT2D eigenvalue weighted by atomic mass is 15.1. The molecule has 0 amide bonds. The molecule has 0 saturated carbocycles. The first kappa shape index (κ1) is 38.3. The van der Waals surface area contributed by atoms with Gasteiger partial charge in [0, 0.05) is 40.1 Å². The standard InChI is InChI=1S/C61H48N2/c1-5-17-45(18-6-1)47-29-37-53(38-30-47)62(51-21-9-3-10-22-51)55-41-33-49(34-42-55)61(59-27-15-13-25-57(59)58-26-14-16-28-60(58)61)50-35-43-56(44-36-50)63(52-23-11-4-12-24-52)54-39-31-48(32-40-54)46-19-7-2-8-20-46/h1,3-7,9-29,31-44,47H,2,8,30H2. The number of allylic oxidation sites excluding steroid dienone is 7. The van der Waals surface area contributed by atoms with Crippen LogP contribution in [0.4, 0.5) is 28.4 Å². The van der Waals surface area contributed by atoms with Gasteiger partial charge >= 0.3 is 0 Å². The van der Waals surface area contributed by atoms with Gasteiger partial charge in [-0.3, -0.25) is 0 Å². The molecule has 0 saturated heterocycles. The third kappa shape index (κ3) is 6.95. The van der Waals surface area contributed by atoms with Crippen LogP contribution in [-0.4, -0.2) is 0 Å². The maximum absolute atomic E-state index is 2.40. The van der Waals surface area contributed by atoms with E-state index in [-0.39, 0.29) is 0 Å². The minimum absolute atomic E-state index is 0.366. The molecule has 0 bridgehead atoms. The number of nitrogens with zero attached hydrogens (tertiary/aromatic N) is 2. The number of rotatable bonds is 10. The molecular weight excluding hydrogens is 761 g/mol. The van der Waals surface area contributed by atoms with Crippen LogP contribution in [0.1, 0.15) is 58.6 Å². The Morgan fingerprint density at radius 2 is 0.873 bits per heavy atom. The second-order valence-electron chi connectivity index (χ2n) is 16.7. The molecule has 3 aliphatic carbocycles. The Kier molecular flexibility index (Phi) is 10.1. The van der Waals surface area contributed by atoms with Crippen molar-refractivity contribution >= 4 is 34.0 Å². The molecule has 302 valence electrons. The third-order valence-electron chi connectivity index (χ3n) is 13.1. The van der Waals surface area contributed by atoms with Gasteiger partial charge in [-0.1, -0.05) is 182 Å². The van der Waals surface area contributed by atoms with Crippen LogP contribution in [0.25, 0.3) is 16.7 Å². The molecule has 0 spiro atoms. The Morgan fingerprint density at radius 3 is 1.40 bits per heavy atom. The summed E-state index contributed by atoms with van der Waals surface area (Å²) >= 11 is 0. The van der Waals surface area contributed by atoms with Crippen molar-refractivity contribution in [2.24, 2.45) is 0 Å². The molecule has 0 heterocycles. The van der Waals surface area contributed by atoms with Gasteiger partial charge in [-0.25, -0.2) is 0 Å². The smallest absolute Gasteiger partial charge is 0.0713 e. The molecule has 1 unspecified atom stereocenters. The Balaban J connectivity index is 1.01. The number of hydrogen-bond donors (Lipinski definition) is 0. The average molecular weight is 809 g/mol. The first-order valence-corrected chi connectivity index (χ1v) is 22.3. The van der Waals surface area contributed by atoms with Crippen molar-refractivity contribution in [3.63, 3.8) is 0 Å². The molecule has 8 aromatic carbocycles. The van der Waals surface area contributed by atoms with Crippen molar-refractivity contribution in [2.75, 3.05) is 9.80 Å². The van der Waals surface area contributed by atoms with Crippen LogP contribution in [0.5, 0.6) is 0 Å². The maximum atomic E-state index is 2.40. The van der Waals surface area contributed by atoms with E-state index in [9.17, 15) is 0 Å². The van der Waals surface area contributed by atoms with E-state index < -0.39 is 5.41 Å². The second kappa shape index (κ2) is 16.6. The first-order valence-electron chi connectivity index (χ1n) is 22.3. The highest BCUT2D eigenvalue weighted by molar-refractivity contribution is 5.87. The number of para-hydroxylation sites is 2. The van der Waals surface area contributed by atoms with Gasteiger partial charge in [0.15, 0.2) is 0 Å². The molecule has 11 rings (SSSR count). The highest BCUT2D eigenvalue weighted by Gasteiger charge is 2.46. The Morgan fingerprint density at radius 1 is 0.397 bits per heavy atom. The summed E-state index contributed by atoms with van der Waals surface area (Å²) < 4.78 is 0. The first-order chi connectivity index (χ1) is 31.3. The van der Waals surface area contributed by atoms with Crippen LogP contribution in [0.3, 0.4) is 0 Å². The molecule has 63 heavy (non-hydrogen) atoms. The van der Waals surface area contributed by atoms with Gasteiger partial charge in [-0.05, 0) is 136 Å². The minimum atomic E-state index is -0.533. The van der Waals surface area contributed by atoms with Crippen LogP contribution in [0.15, 0.2) is 254 Å². The van der Waals surface area contributed by atoms with Crippen LogP contribution in [-0.2, 0) is 5.41 Å². The van der Waals surface area contributed by atoms with Crippen molar-refractivity contribution in [3.8, 4) is 11.1 Å². The Hall–Kier alpha value is -7.68. The van der Waals surface area contributed by atoms with Crippen molar-refractivity contribution in [3.05, 3.63) is 288 Å². The fraction of sp³-hybridized carbons (Fsp3) is 0.0820. The lowest BCUT2D eigenvalue weighted by molar-refractivity contribution is 0.768. The molecule has 2 nitrogen and oxygen atoms in total. The van der Waals surface area contributed by atoms with E-state index >= 15 is 0 Å². The largest absolute Gasteiger partial charge is 0.311 e. The van der Waals surface area contributed by atoms with Crippen LogP contribution in [0, 0.1) is 0 Å². The molecule has 0 aliphatic heterocycles. The summed E-state index contributed by atoms with van der Waals surface area (Å²) in [4.78, 5) is 4.76. The van der Waals surface area contributed by atoms with E-state index in [0.29, 0.717) is 5.92 Å². The molecule has 0 N–H and O–H groups in total. The summed E-state index contributed by atoms with van der Waals surface area (Å²) in [6.45, 7) is 0. The summed E-state index contributed by atoms with van der Waals surface area (Å²) in [5.74, 6) is 0.366. The molecule has 0 aromatic heterocycles. The fourth-order valence-corrected chi connectivity index (χ4v) is 10.1. The zero-order chi connectivity index (χ0) is 42.0. The molecule has 1 atom stereocenters. The lowest BCUT2D eigenvalue weighted by Gasteiger charge is -2.35. The lowest BCUT2D eigenvalue weighted by atomic mass is 9.67. The molecular formula is C61H48N2. The summed E-state index contributed by atoms with van der Waals surface area (Å²) in [6.07, 6.45) is 17.1. The summed E-state index contributed by atoms with van der Waals surface area (Å²) in [7, 11) is 0. The van der Waals surface area contributed by atoms with E-state index in [1.54, 1.807) is 0 Å². The number of benzene rings is 8. The molecule has 2 heteroatoms. The van der Waals surface area contributed by atoms with Crippen LogP contribution >= 0.6 is 0 Å². The van der Waals surface area contributed by atoms with Crippen molar-refractivity contribution < 1.29 is 0 Å². The zero-order valence-electron chi connectivity index (χ0n) is 35.3. The van der Waals surface area contributed by atoms with Crippen LogP contribution < -0.4 is 9.80 Å². The molecule has 3 aliphatic rings. The number of fused-ring (bicyclic) bond motifs is 3. The fourth-order valence-electron chi connectivity index (χ4n) is 10.1. The minimum Gasteiger partial charge on any atom is -0.311 e. The van der Waals surface area contributed by atoms with E-state index in [1.165, 1.54) is 55.8 Å². The van der Waals surface area contributed by atoms with E-state index in [1.807, 2.05) is 0 Å². The number of hydrogen-bond acceptors (Lipinski definition) is 2. The number of anilines is 5.